The SMILES string of the molecule is CCNC(=NCc1cccc(OC)c1OC1CCCC1)NCCCCSC.I. The number of methoxy groups -OCH3 is 1. The minimum atomic E-state index is 0. The second kappa shape index (κ2) is 15.1. The molecule has 0 spiro atoms. The van der Waals surface area contributed by atoms with Crippen LogP contribution < -0.4 is 20.1 Å². The average Bonchev–Trinajstić information content (AvgIpc) is 3.19. The topological polar surface area (TPSA) is 54.9 Å². The zero-order valence-corrected chi connectivity index (χ0v) is 20.6. The number of ether oxygens (including phenoxy) is 2. The molecule has 0 aromatic heterocycles. The number of para-hydroxylation sites is 1. The normalized spacial score (nSPS) is 14.5. The third-order valence-corrected chi connectivity index (χ3v) is 5.38. The lowest BCUT2D eigenvalue weighted by Crippen LogP contribution is -2.37. The Labute approximate surface area is 191 Å². The highest BCUT2D eigenvalue weighted by Gasteiger charge is 2.20. The summed E-state index contributed by atoms with van der Waals surface area (Å²) in [4.78, 5) is 4.77. The smallest absolute Gasteiger partial charge is 0.191 e. The Morgan fingerprint density at radius 2 is 2.00 bits per heavy atom. The molecule has 1 aromatic carbocycles. The number of rotatable bonds is 11. The summed E-state index contributed by atoms with van der Waals surface area (Å²) in [5, 5.41) is 6.76. The Balaban J connectivity index is 0.00000392. The number of aliphatic imine (C=N–C) groups is 1. The zero-order chi connectivity index (χ0) is 19.3. The van der Waals surface area contributed by atoms with E-state index in [1.165, 1.54) is 25.0 Å². The number of nitrogens with one attached hydrogen (secondary N) is 2. The fourth-order valence-electron chi connectivity index (χ4n) is 3.24. The number of halogens is 1. The van der Waals surface area contributed by atoms with Gasteiger partial charge in [0, 0.05) is 18.7 Å². The van der Waals surface area contributed by atoms with E-state index < -0.39 is 0 Å². The molecule has 1 saturated carbocycles. The molecule has 160 valence electrons. The molecule has 1 fully saturated rings. The van der Waals surface area contributed by atoms with Crippen LogP contribution in [0.1, 0.15) is 51.0 Å². The summed E-state index contributed by atoms with van der Waals surface area (Å²) in [5.74, 6) is 3.72. The lowest BCUT2D eigenvalue weighted by molar-refractivity contribution is 0.198. The number of hydrogen-bond donors (Lipinski definition) is 2. The summed E-state index contributed by atoms with van der Waals surface area (Å²) in [5.41, 5.74) is 1.07. The molecular formula is C21H36IN3O2S. The van der Waals surface area contributed by atoms with E-state index in [4.69, 9.17) is 14.5 Å². The maximum Gasteiger partial charge on any atom is 0.191 e. The predicted octanol–water partition coefficient (Wildman–Crippen LogP) is 4.83. The summed E-state index contributed by atoms with van der Waals surface area (Å²) in [6.45, 7) is 4.45. The fraction of sp³-hybridized carbons (Fsp3) is 0.667. The Morgan fingerprint density at radius 3 is 2.68 bits per heavy atom. The second-order valence-corrected chi connectivity index (χ2v) is 7.78. The quantitative estimate of drug-likeness (QED) is 0.189. The summed E-state index contributed by atoms with van der Waals surface area (Å²) in [6, 6.07) is 6.05. The minimum absolute atomic E-state index is 0. The van der Waals surface area contributed by atoms with E-state index in [1.807, 2.05) is 23.9 Å². The lowest BCUT2D eigenvalue weighted by atomic mass is 10.1. The Morgan fingerprint density at radius 1 is 1.21 bits per heavy atom. The van der Waals surface area contributed by atoms with Gasteiger partial charge in [-0.2, -0.15) is 11.8 Å². The van der Waals surface area contributed by atoms with Crippen molar-refractivity contribution in [3.05, 3.63) is 23.8 Å². The van der Waals surface area contributed by atoms with Crippen molar-refractivity contribution in [1.82, 2.24) is 10.6 Å². The summed E-state index contributed by atoms with van der Waals surface area (Å²) < 4.78 is 11.9. The van der Waals surface area contributed by atoms with Crippen molar-refractivity contribution in [3.63, 3.8) is 0 Å². The molecule has 0 bridgehead atoms. The molecule has 0 unspecified atom stereocenters. The molecule has 0 amide bonds. The average molecular weight is 522 g/mol. The molecule has 1 aliphatic rings. The van der Waals surface area contributed by atoms with Crippen molar-refractivity contribution < 1.29 is 9.47 Å². The maximum atomic E-state index is 6.31. The molecular weight excluding hydrogens is 485 g/mol. The van der Waals surface area contributed by atoms with Gasteiger partial charge in [0.15, 0.2) is 17.5 Å². The zero-order valence-electron chi connectivity index (χ0n) is 17.5. The van der Waals surface area contributed by atoms with Gasteiger partial charge in [-0.15, -0.1) is 24.0 Å². The first-order valence-corrected chi connectivity index (χ1v) is 11.5. The minimum Gasteiger partial charge on any atom is -0.493 e. The van der Waals surface area contributed by atoms with Gasteiger partial charge in [0.25, 0.3) is 0 Å². The highest BCUT2D eigenvalue weighted by atomic mass is 127. The number of nitrogens with zero attached hydrogens (tertiary/aromatic N) is 1. The molecule has 1 aliphatic carbocycles. The highest BCUT2D eigenvalue weighted by Crippen LogP contribution is 2.35. The molecule has 0 aliphatic heterocycles. The van der Waals surface area contributed by atoms with E-state index in [0.717, 1.165) is 55.4 Å². The van der Waals surface area contributed by atoms with E-state index in [2.05, 4.69) is 29.9 Å². The van der Waals surface area contributed by atoms with E-state index in [9.17, 15) is 0 Å². The van der Waals surface area contributed by atoms with Crippen molar-refractivity contribution in [2.24, 2.45) is 4.99 Å². The monoisotopic (exact) mass is 521 g/mol. The Bertz CT molecular complexity index is 581. The molecule has 0 heterocycles. The van der Waals surface area contributed by atoms with Gasteiger partial charge in [-0.3, -0.25) is 0 Å². The van der Waals surface area contributed by atoms with Gasteiger partial charge in [0.1, 0.15) is 0 Å². The molecule has 1 aromatic rings. The van der Waals surface area contributed by atoms with Gasteiger partial charge in [-0.1, -0.05) is 12.1 Å². The maximum absolute atomic E-state index is 6.31. The number of hydrogen-bond acceptors (Lipinski definition) is 4. The molecule has 2 N–H and O–H groups in total. The van der Waals surface area contributed by atoms with Crippen molar-refractivity contribution in [1.29, 1.82) is 0 Å². The van der Waals surface area contributed by atoms with Crippen LogP contribution in [0.2, 0.25) is 0 Å². The van der Waals surface area contributed by atoms with Crippen LogP contribution in [0.4, 0.5) is 0 Å². The van der Waals surface area contributed by atoms with Gasteiger partial charge < -0.3 is 20.1 Å². The Kier molecular flexibility index (Phi) is 13.6. The molecule has 5 nitrogen and oxygen atoms in total. The van der Waals surface area contributed by atoms with Gasteiger partial charge in [0.05, 0.1) is 19.8 Å². The van der Waals surface area contributed by atoms with Crippen LogP contribution in [0.15, 0.2) is 23.2 Å². The van der Waals surface area contributed by atoms with Crippen LogP contribution in [0.3, 0.4) is 0 Å². The predicted molar refractivity (Wildman–Crippen MR) is 132 cm³/mol. The lowest BCUT2D eigenvalue weighted by Gasteiger charge is -2.19. The number of guanidine groups is 1. The van der Waals surface area contributed by atoms with Crippen LogP contribution in [0, 0.1) is 0 Å². The van der Waals surface area contributed by atoms with E-state index in [-0.39, 0.29) is 24.0 Å². The van der Waals surface area contributed by atoms with Crippen LogP contribution >= 0.6 is 35.7 Å². The molecule has 0 radical (unpaired) electrons. The third-order valence-electron chi connectivity index (χ3n) is 4.69. The summed E-state index contributed by atoms with van der Waals surface area (Å²) in [7, 11) is 1.70. The van der Waals surface area contributed by atoms with Crippen molar-refractivity contribution in [2.75, 3.05) is 32.2 Å². The van der Waals surface area contributed by atoms with Crippen LogP contribution in [0.5, 0.6) is 11.5 Å². The number of thioether (sulfide) groups is 1. The van der Waals surface area contributed by atoms with Gasteiger partial charge in [0.2, 0.25) is 0 Å². The largest absolute Gasteiger partial charge is 0.493 e. The number of unbranched alkanes of at least 4 members (excludes halogenated alkanes) is 1. The van der Waals surface area contributed by atoms with Crippen LogP contribution in [-0.2, 0) is 6.54 Å². The second-order valence-electron chi connectivity index (χ2n) is 6.79. The molecule has 2 rings (SSSR count). The van der Waals surface area contributed by atoms with E-state index >= 15 is 0 Å². The van der Waals surface area contributed by atoms with Gasteiger partial charge in [-0.05, 0) is 63.5 Å². The molecule has 28 heavy (non-hydrogen) atoms. The Hall–Kier alpha value is -0.830. The summed E-state index contributed by atoms with van der Waals surface area (Å²) in [6.07, 6.45) is 9.58. The third kappa shape index (κ3) is 8.68. The molecule has 7 heteroatoms. The first-order chi connectivity index (χ1) is 13.3. The first-order valence-electron chi connectivity index (χ1n) is 10.1. The standard InChI is InChI=1S/C21H35N3O2S.HI/c1-4-22-21(23-14-7-8-15-27-3)24-16-17-10-9-13-19(25-2)20(17)26-18-11-5-6-12-18;/h9-10,13,18H,4-8,11-12,14-16H2,1-3H3,(H2,22,23,24);1H. The van der Waals surface area contributed by atoms with Crippen molar-refractivity contribution in [2.45, 2.75) is 58.1 Å². The highest BCUT2D eigenvalue weighted by molar-refractivity contribution is 14.0. The van der Waals surface area contributed by atoms with Crippen LogP contribution in [0.25, 0.3) is 0 Å². The van der Waals surface area contributed by atoms with Gasteiger partial charge >= 0.3 is 0 Å². The van der Waals surface area contributed by atoms with E-state index in [1.54, 1.807) is 7.11 Å². The van der Waals surface area contributed by atoms with E-state index in [0.29, 0.717) is 12.6 Å². The number of benzene rings is 1. The summed E-state index contributed by atoms with van der Waals surface area (Å²) >= 11 is 1.90. The fourth-order valence-corrected chi connectivity index (χ4v) is 3.73. The van der Waals surface area contributed by atoms with Crippen molar-refractivity contribution in [3.8, 4) is 11.5 Å². The van der Waals surface area contributed by atoms with Crippen LogP contribution in [-0.4, -0.2) is 44.3 Å². The molecule has 0 atom stereocenters. The van der Waals surface area contributed by atoms with Gasteiger partial charge in [-0.25, -0.2) is 4.99 Å². The first kappa shape index (κ1) is 25.2. The molecule has 0 saturated heterocycles. The van der Waals surface area contributed by atoms with Crippen molar-refractivity contribution >= 4 is 41.7 Å².